The summed E-state index contributed by atoms with van der Waals surface area (Å²) in [5, 5.41) is 3.42. The van der Waals surface area contributed by atoms with Crippen molar-refractivity contribution >= 4 is 24.8 Å². The second-order valence-electron chi connectivity index (χ2n) is 6.42. The second-order valence-corrected chi connectivity index (χ2v) is 8.16. The van der Waals surface area contributed by atoms with Crippen LogP contribution in [0.25, 0.3) is 21.5 Å². The van der Waals surface area contributed by atoms with Gasteiger partial charge < -0.3 is 24.8 Å². The molecule has 5 heteroatoms. The van der Waals surface area contributed by atoms with Crippen molar-refractivity contribution < 1.29 is 57.8 Å². The van der Waals surface area contributed by atoms with E-state index in [0.717, 1.165) is 28.0 Å². The van der Waals surface area contributed by atoms with Gasteiger partial charge in [-0.1, -0.05) is 24.3 Å². The number of fused-ring (bicyclic) bond motifs is 3. The average molecular weight is 497 g/mol. The maximum absolute atomic E-state index is 13.0. The van der Waals surface area contributed by atoms with E-state index < -0.39 is 0 Å². The molecule has 146 valence electrons. The third-order valence-electron chi connectivity index (χ3n) is 4.42. The van der Waals surface area contributed by atoms with Crippen LogP contribution in [0.1, 0.15) is 32.1 Å². The Bertz CT molecular complexity index is 899. The first-order valence-electron chi connectivity index (χ1n) is 8.86. The first kappa shape index (κ1) is 25.0. The van der Waals surface area contributed by atoms with Crippen molar-refractivity contribution in [3.8, 4) is 0 Å². The summed E-state index contributed by atoms with van der Waals surface area (Å²) < 4.78 is 27.9. The van der Waals surface area contributed by atoms with Gasteiger partial charge in [-0.3, -0.25) is 6.08 Å². The van der Waals surface area contributed by atoms with Gasteiger partial charge >= 0.3 is 53.1 Å². The summed E-state index contributed by atoms with van der Waals surface area (Å²) in [6.45, 7) is 0. The van der Waals surface area contributed by atoms with Gasteiger partial charge in [-0.05, 0) is 0 Å². The van der Waals surface area contributed by atoms with Gasteiger partial charge in [-0.2, -0.15) is 6.08 Å². The predicted molar refractivity (Wildman–Crippen MR) is 102 cm³/mol. The van der Waals surface area contributed by atoms with Crippen LogP contribution in [0, 0.1) is 17.7 Å². The molecule has 2 aliphatic carbocycles. The van der Waals surface area contributed by atoms with Crippen LogP contribution in [0.4, 0.5) is 8.78 Å². The van der Waals surface area contributed by atoms with E-state index in [2.05, 4.69) is 12.2 Å². The Kier molecular flexibility index (Phi) is 11.2. The number of allylic oxidation sites excluding steroid dienone is 4. The van der Waals surface area contributed by atoms with Crippen LogP contribution in [0.15, 0.2) is 60.7 Å². The van der Waals surface area contributed by atoms with Gasteiger partial charge in [0.25, 0.3) is 0 Å². The zero-order valence-corrected chi connectivity index (χ0v) is 19.3. The van der Waals surface area contributed by atoms with Crippen molar-refractivity contribution in [3.05, 3.63) is 78.4 Å². The van der Waals surface area contributed by atoms with Crippen LogP contribution < -0.4 is 24.8 Å². The molecular weight excluding hydrogens is 476 g/mol. The minimum absolute atomic E-state index is 0. The van der Waals surface area contributed by atoms with Crippen molar-refractivity contribution in [2.45, 2.75) is 32.1 Å². The van der Waals surface area contributed by atoms with Crippen LogP contribution in [-0.2, 0) is 24.2 Å². The molecule has 0 unspecified atom stereocenters. The predicted octanol–water partition coefficient (Wildman–Crippen LogP) is 0.583. The molecule has 0 nitrogen and oxygen atoms in total. The first-order valence-corrected chi connectivity index (χ1v) is 10.1. The molecule has 0 radical (unpaired) electrons. The number of benzene rings is 2. The van der Waals surface area contributed by atoms with E-state index in [1.165, 1.54) is 49.9 Å². The minimum atomic E-state index is -0.292. The maximum atomic E-state index is 13.0. The van der Waals surface area contributed by atoms with Gasteiger partial charge in [0.15, 0.2) is 0 Å². The fourth-order valence-corrected chi connectivity index (χ4v) is 3.95. The Balaban J connectivity index is 0.000000252. The number of rotatable bonds is 0. The van der Waals surface area contributed by atoms with Gasteiger partial charge in [0.2, 0.25) is 0 Å². The first-order chi connectivity index (χ1) is 12.6. The summed E-state index contributed by atoms with van der Waals surface area (Å²) in [5.41, 5.74) is 0. The Labute approximate surface area is 192 Å². The molecule has 0 amide bonds. The van der Waals surface area contributed by atoms with Crippen molar-refractivity contribution in [1.29, 1.82) is 0 Å². The summed E-state index contributed by atoms with van der Waals surface area (Å²) in [4.78, 5) is 0. The van der Waals surface area contributed by atoms with Crippen molar-refractivity contribution in [2.75, 3.05) is 0 Å². The summed E-state index contributed by atoms with van der Waals surface area (Å²) in [7, 11) is 0. The Morgan fingerprint density at radius 2 is 1.39 bits per heavy atom. The van der Waals surface area contributed by atoms with E-state index in [-0.39, 0.29) is 36.4 Å². The average Bonchev–Trinajstić information content (AvgIpc) is 3.38. The van der Waals surface area contributed by atoms with E-state index >= 15 is 0 Å². The second kappa shape index (κ2) is 12.5. The van der Waals surface area contributed by atoms with E-state index in [4.69, 9.17) is 0 Å². The number of hydrogen-bond donors (Lipinski definition) is 0. The van der Waals surface area contributed by atoms with E-state index in [1.807, 2.05) is 18.2 Å². The number of halogens is 4. The molecule has 3 aromatic carbocycles. The molecule has 0 atom stereocenters. The molecule has 0 saturated heterocycles. The van der Waals surface area contributed by atoms with Crippen LogP contribution in [0.3, 0.4) is 0 Å². The Morgan fingerprint density at radius 1 is 0.857 bits per heavy atom. The fourth-order valence-electron chi connectivity index (χ4n) is 3.08. The molecule has 0 spiro atoms. The normalized spacial score (nSPS) is 14.1. The molecule has 1 fully saturated rings. The molecule has 3 aromatic rings. The molecule has 2 aliphatic rings. The Morgan fingerprint density at radius 3 is 1.71 bits per heavy atom. The fraction of sp³-hybridized carbons (Fsp3) is 0.217. The molecule has 0 N–H and O–H groups in total. The van der Waals surface area contributed by atoms with Gasteiger partial charge in [0.1, 0.15) is 11.6 Å². The molecule has 0 aliphatic heterocycles. The molecule has 0 aromatic heterocycles. The van der Waals surface area contributed by atoms with Crippen molar-refractivity contribution in [2.24, 2.45) is 0 Å². The standard InChI is InChI=1S/C13H7F2.C5H8.C5H5.2ClH.Zr/c14-10-3-1-8-5-9-2-4-11(15)7-13(9)12(8)6-10;2*1-2-4-5-3-1;;;/h1-7H;1-4H2;1-3H,4H2;2*1H;/q-1;;-1;;;+2/p-2. The zero-order valence-electron chi connectivity index (χ0n) is 15.3. The van der Waals surface area contributed by atoms with Gasteiger partial charge in [-0.15, -0.1) is 46.2 Å². The molecule has 5 rings (SSSR count). The molecular formula is C23H20Cl2F2Zr-2. The summed E-state index contributed by atoms with van der Waals surface area (Å²) in [5.74, 6) is -0.585. The summed E-state index contributed by atoms with van der Waals surface area (Å²) in [6, 6.07) is 11.1. The zero-order chi connectivity index (χ0) is 18.4. The third-order valence-corrected chi connectivity index (χ3v) is 5.65. The van der Waals surface area contributed by atoms with Crippen molar-refractivity contribution in [1.82, 2.24) is 0 Å². The van der Waals surface area contributed by atoms with Crippen LogP contribution in [-0.4, -0.2) is 3.21 Å². The SMILES string of the molecule is Fc1ccc2[cH-]c3ccc(F)cc3c2c1.[C-]1=CC=CC1.[Cl-].[Cl-].[Zr+2]=[C]1CCCC1. The van der Waals surface area contributed by atoms with Gasteiger partial charge in [0.05, 0.1) is 0 Å². The monoisotopic (exact) mass is 494 g/mol. The number of hydrogen-bond acceptors (Lipinski definition) is 0. The Hall–Kier alpha value is -1.02. The van der Waals surface area contributed by atoms with Crippen LogP contribution in [0.5, 0.6) is 0 Å². The molecule has 0 bridgehead atoms. The summed E-state index contributed by atoms with van der Waals surface area (Å²) >= 11 is 1.68. The van der Waals surface area contributed by atoms with Gasteiger partial charge in [-0.25, -0.2) is 20.9 Å². The molecule has 0 heterocycles. The van der Waals surface area contributed by atoms with Crippen LogP contribution in [0.2, 0.25) is 0 Å². The van der Waals surface area contributed by atoms with E-state index in [1.54, 1.807) is 39.6 Å². The molecule has 1 saturated carbocycles. The quantitative estimate of drug-likeness (QED) is 0.400. The van der Waals surface area contributed by atoms with E-state index in [0.29, 0.717) is 0 Å². The molecule has 28 heavy (non-hydrogen) atoms. The third kappa shape index (κ3) is 7.10. The van der Waals surface area contributed by atoms with E-state index in [9.17, 15) is 8.78 Å². The van der Waals surface area contributed by atoms with Crippen LogP contribution >= 0.6 is 0 Å². The summed E-state index contributed by atoms with van der Waals surface area (Å²) in [6.07, 6.45) is 15.8. The topological polar surface area (TPSA) is 0 Å². The van der Waals surface area contributed by atoms with Gasteiger partial charge in [0, 0.05) is 0 Å². The van der Waals surface area contributed by atoms with Crippen molar-refractivity contribution in [3.63, 3.8) is 0 Å².